The molecular formula is C11H17ClN2O. The van der Waals surface area contributed by atoms with E-state index in [0.717, 1.165) is 26.1 Å². The fourth-order valence-electron chi connectivity index (χ4n) is 1.93. The van der Waals surface area contributed by atoms with E-state index in [4.69, 9.17) is 10.5 Å². The van der Waals surface area contributed by atoms with Crippen molar-refractivity contribution in [2.75, 3.05) is 13.2 Å². The lowest BCUT2D eigenvalue weighted by Crippen LogP contribution is -2.27. The smallest absolute Gasteiger partial charge is 0.0469 e. The maximum Gasteiger partial charge on any atom is 0.0469 e. The number of nitrogens with zero attached hydrogens (tertiary/aromatic N) is 1. The fraction of sp³-hybridized carbons (Fsp3) is 0.545. The second kappa shape index (κ2) is 6.05. The van der Waals surface area contributed by atoms with E-state index >= 15 is 0 Å². The highest BCUT2D eigenvalue weighted by molar-refractivity contribution is 5.85. The Balaban J connectivity index is 0.00000112. The van der Waals surface area contributed by atoms with E-state index in [0.29, 0.717) is 5.92 Å². The van der Waals surface area contributed by atoms with Crippen LogP contribution >= 0.6 is 12.4 Å². The van der Waals surface area contributed by atoms with Crippen LogP contribution in [0.1, 0.15) is 24.4 Å². The minimum Gasteiger partial charge on any atom is -0.381 e. The van der Waals surface area contributed by atoms with Gasteiger partial charge in [-0.05, 0) is 36.5 Å². The van der Waals surface area contributed by atoms with Crippen LogP contribution in [0.4, 0.5) is 0 Å². The van der Waals surface area contributed by atoms with Gasteiger partial charge in [0.05, 0.1) is 0 Å². The number of nitrogens with two attached hydrogens (primary N) is 1. The van der Waals surface area contributed by atoms with Gasteiger partial charge in [0.2, 0.25) is 0 Å². The van der Waals surface area contributed by atoms with E-state index in [-0.39, 0.29) is 18.4 Å². The summed E-state index contributed by atoms with van der Waals surface area (Å²) in [6.45, 7) is 1.70. The van der Waals surface area contributed by atoms with Gasteiger partial charge in [-0.25, -0.2) is 0 Å². The molecule has 2 heterocycles. The first-order valence-corrected chi connectivity index (χ1v) is 5.11. The molecule has 0 amide bonds. The van der Waals surface area contributed by atoms with Crippen LogP contribution in [-0.2, 0) is 4.74 Å². The predicted molar refractivity (Wildman–Crippen MR) is 62.0 cm³/mol. The Morgan fingerprint density at radius 2 is 1.87 bits per heavy atom. The largest absolute Gasteiger partial charge is 0.381 e. The van der Waals surface area contributed by atoms with Crippen molar-refractivity contribution in [2.45, 2.75) is 18.9 Å². The van der Waals surface area contributed by atoms with Crippen molar-refractivity contribution < 1.29 is 4.74 Å². The summed E-state index contributed by atoms with van der Waals surface area (Å²) in [7, 11) is 0. The molecule has 1 atom stereocenters. The zero-order valence-corrected chi connectivity index (χ0v) is 9.45. The molecule has 1 fully saturated rings. The minimum atomic E-state index is 0. The second-order valence-electron chi connectivity index (χ2n) is 3.76. The standard InChI is InChI=1S/C11H16N2O.ClH/c12-11(9-1-5-13-6-2-9)10-3-7-14-8-4-10;/h1-2,5-6,10-11H,3-4,7-8,12H2;1H/t11-;/m1./s1. The van der Waals surface area contributed by atoms with Crippen LogP contribution in [0.15, 0.2) is 24.5 Å². The summed E-state index contributed by atoms with van der Waals surface area (Å²) in [6.07, 6.45) is 5.75. The van der Waals surface area contributed by atoms with Gasteiger partial charge in [-0.3, -0.25) is 4.98 Å². The molecule has 2 N–H and O–H groups in total. The third kappa shape index (κ3) is 3.16. The van der Waals surface area contributed by atoms with Gasteiger partial charge in [-0.1, -0.05) is 0 Å². The van der Waals surface area contributed by atoms with Crippen LogP contribution in [0, 0.1) is 5.92 Å². The summed E-state index contributed by atoms with van der Waals surface area (Å²) in [5, 5.41) is 0. The molecule has 0 bridgehead atoms. The predicted octanol–water partition coefficient (Wildman–Crippen LogP) is 1.93. The van der Waals surface area contributed by atoms with E-state index in [2.05, 4.69) is 4.98 Å². The molecule has 0 unspecified atom stereocenters. The summed E-state index contributed by atoms with van der Waals surface area (Å²) in [5.74, 6) is 0.561. The lowest BCUT2D eigenvalue weighted by atomic mass is 9.88. The van der Waals surface area contributed by atoms with Crippen LogP contribution in [0.5, 0.6) is 0 Å². The summed E-state index contributed by atoms with van der Waals surface area (Å²) in [6, 6.07) is 4.14. The van der Waals surface area contributed by atoms with Crippen LogP contribution in [0.25, 0.3) is 0 Å². The van der Waals surface area contributed by atoms with Crippen LogP contribution < -0.4 is 5.73 Å². The Labute approximate surface area is 96.4 Å². The molecule has 1 aliphatic heterocycles. The molecular weight excluding hydrogens is 212 g/mol. The molecule has 0 saturated carbocycles. The number of rotatable bonds is 2. The van der Waals surface area contributed by atoms with Gasteiger partial charge in [-0.2, -0.15) is 0 Å². The zero-order valence-electron chi connectivity index (χ0n) is 8.63. The molecule has 4 heteroatoms. The van der Waals surface area contributed by atoms with Crippen LogP contribution in [0.3, 0.4) is 0 Å². The Kier molecular flexibility index (Phi) is 5.02. The van der Waals surface area contributed by atoms with E-state index in [1.165, 1.54) is 5.56 Å². The van der Waals surface area contributed by atoms with Crippen molar-refractivity contribution in [3.8, 4) is 0 Å². The fourth-order valence-corrected chi connectivity index (χ4v) is 1.93. The molecule has 1 aromatic rings. The summed E-state index contributed by atoms with van der Waals surface area (Å²) in [5.41, 5.74) is 7.37. The number of halogens is 1. The van der Waals surface area contributed by atoms with Crippen molar-refractivity contribution in [1.29, 1.82) is 0 Å². The SMILES string of the molecule is Cl.N[C@H](c1ccncc1)C1CCOCC1. The van der Waals surface area contributed by atoms with Gasteiger partial charge < -0.3 is 10.5 Å². The molecule has 3 nitrogen and oxygen atoms in total. The summed E-state index contributed by atoms with van der Waals surface area (Å²) < 4.78 is 5.32. The third-order valence-corrected chi connectivity index (χ3v) is 2.86. The molecule has 1 aliphatic rings. The molecule has 1 saturated heterocycles. The number of hydrogen-bond donors (Lipinski definition) is 1. The maximum absolute atomic E-state index is 6.19. The first kappa shape index (κ1) is 12.4. The molecule has 0 aromatic carbocycles. The number of pyridine rings is 1. The van der Waals surface area contributed by atoms with Crippen LogP contribution in [-0.4, -0.2) is 18.2 Å². The number of aromatic nitrogens is 1. The Bertz CT molecular complexity index is 275. The monoisotopic (exact) mass is 228 g/mol. The molecule has 0 spiro atoms. The Hall–Kier alpha value is -0.640. The molecule has 0 radical (unpaired) electrons. The topological polar surface area (TPSA) is 48.1 Å². The van der Waals surface area contributed by atoms with Gasteiger partial charge in [-0.15, -0.1) is 12.4 Å². The van der Waals surface area contributed by atoms with Crippen molar-refractivity contribution in [3.63, 3.8) is 0 Å². The zero-order chi connectivity index (χ0) is 9.80. The number of hydrogen-bond acceptors (Lipinski definition) is 3. The average Bonchev–Trinajstić information content (AvgIpc) is 2.30. The summed E-state index contributed by atoms with van der Waals surface area (Å²) in [4.78, 5) is 3.99. The van der Waals surface area contributed by atoms with Crippen molar-refractivity contribution in [1.82, 2.24) is 4.98 Å². The van der Waals surface area contributed by atoms with Crippen LogP contribution in [0.2, 0.25) is 0 Å². The van der Waals surface area contributed by atoms with Gasteiger partial charge in [0.15, 0.2) is 0 Å². The van der Waals surface area contributed by atoms with Gasteiger partial charge >= 0.3 is 0 Å². The quantitative estimate of drug-likeness (QED) is 0.842. The van der Waals surface area contributed by atoms with E-state index in [1.54, 1.807) is 12.4 Å². The Morgan fingerprint density at radius 3 is 2.47 bits per heavy atom. The highest BCUT2D eigenvalue weighted by Crippen LogP contribution is 2.27. The highest BCUT2D eigenvalue weighted by atomic mass is 35.5. The van der Waals surface area contributed by atoms with E-state index < -0.39 is 0 Å². The summed E-state index contributed by atoms with van der Waals surface area (Å²) >= 11 is 0. The van der Waals surface area contributed by atoms with E-state index in [1.807, 2.05) is 12.1 Å². The molecule has 15 heavy (non-hydrogen) atoms. The highest BCUT2D eigenvalue weighted by Gasteiger charge is 2.21. The lowest BCUT2D eigenvalue weighted by Gasteiger charge is -2.27. The minimum absolute atomic E-state index is 0. The number of ether oxygens (including phenoxy) is 1. The maximum atomic E-state index is 6.19. The lowest BCUT2D eigenvalue weighted by molar-refractivity contribution is 0.0584. The molecule has 0 aliphatic carbocycles. The van der Waals surface area contributed by atoms with Crippen molar-refractivity contribution >= 4 is 12.4 Å². The molecule has 2 rings (SSSR count). The molecule has 1 aromatic heterocycles. The molecule has 84 valence electrons. The second-order valence-corrected chi connectivity index (χ2v) is 3.76. The first-order chi connectivity index (χ1) is 6.88. The normalized spacial score (nSPS) is 19.3. The van der Waals surface area contributed by atoms with Gasteiger partial charge in [0.1, 0.15) is 0 Å². The average molecular weight is 229 g/mol. The third-order valence-electron chi connectivity index (χ3n) is 2.86. The Morgan fingerprint density at radius 1 is 1.27 bits per heavy atom. The van der Waals surface area contributed by atoms with Crippen molar-refractivity contribution in [3.05, 3.63) is 30.1 Å². The van der Waals surface area contributed by atoms with Gasteiger partial charge in [0.25, 0.3) is 0 Å². The van der Waals surface area contributed by atoms with Crippen molar-refractivity contribution in [2.24, 2.45) is 11.7 Å². The van der Waals surface area contributed by atoms with E-state index in [9.17, 15) is 0 Å². The first-order valence-electron chi connectivity index (χ1n) is 5.11. The van der Waals surface area contributed by atoms with Gasteiger partial charge in [0, 0.05) is 31.6 Å².